The Morgan fingerprint density at radius 1 is 1.00 bits per heavy atom. The van der Waals surface area contributed by atoms with Crippen LogP contribution in [0.3, 0.4) is 0 Å². The number of carboxylic acids is 1. The lowest BCUT2D eigenvalue weighted by molar-refractivity contribution is -0.157. The first-order valence-corrected chi connectivity index (χ1v) is 10.6. The molecule has 1 heterocycles. The minimum atomic E-state index is -1.16. The summed E-state index contributed by atoms with van der Waals surface area (Å²) in [5, 5.41) is 9.77. The van der Waals surface area contributed by atoms with Crippen molar-refractivity contribution >= 4 is 33.7 Å². The van der Waals surface area contributed by atoms with Crippen LogP contribution >= 0.6 is 15.9 Å². The monoisotopic (exact) mass is 453 g/mol. The quantitative estimate of drug-likeness (QED) is 0.569. The summed E-state index contributed by atoms with van der Waals surface area (Å²) in [4.78, 5) is 40.2. The Bertz CT molecular complexity index is 1030. The second-order valence-electron chi connectivity index (χ2n) is 8.44. The third kappa shape index (κ3) is 2.13. The zero-order valence-electron chi connectivity index (χ0n) is 16.0. The summed E-state index contributed by atoms with van der Waals surface area (Å²) in [6.07, 6.45) is 0. The smallest absolute Gasteiger partial charge is 0.327 e. The largest absolute Gasteiger partial charge is 0.480 e. The lowest BCUT2D eigenvalue weighted by atomic mass is 9.55. The molecule has 3 atom stereocenters. The van der Waals surface area contributed by atoms with Gasteiger partial charge in [0.2, 0.25) is 11.8 Å². The Hall–Kier alpha value is -2.47. The Balaban J connectivity index is 1.77. The molecular weight excluding hydrogens is 434 g/mol. The van der Waals surface area contributed by atoms with Crippen molar-refractivity contribution in [3.63, 3.8) is 0 Å². The maximum Gasteiger partial charge on any atom is 0.327 e. The minimum Gasteiger partial charge on any atom is -0.480 e. The van der Waals surface area contributed by atoms with E-state index in [1.54, 1.807) is 13.8 Å². The summed E-state index contributed by atoms with van der Waals surface area (Å²) in [6.45, 7) is 3.45. The van der Waals surface area contributed by atoms with Gasteiger partial charge < -0.3 is 5.11 Å². The fourth-order valence-corrected chi connectivity index (χ4v) is 6.87. The average molecular weight is 454 g/mol. The molecule has 2 aromatic rings. The number of aliphatic carboxylic acids is 1. The van der Waals surface area contributed by atoms with Gasteiger partial charge in [-0.1, -0.05) is 78.3 Å². The molecule has 4 aliphatic rings. The molecule has 1 aliphatic heterocycles. The van der Waals surface area contributed by atoms with E-state index in [0.717, 1.165) is 27.2 Å². The number of carbonyl (C=O) groups is 3. The summed E-state index contributed by atoms with van der Waals surface area (Å²) in [5.74, 6) is -3.82. The second-order valence-corrected chi connectivity index (χ2v) is 9.69. The molecule has 1 fully saturated rings. The van der Waals surface area contributed by atoms with Gasteiger partial charge in [0.25, 0.3) is 0 Å². The van der Waals surface area contributed by atoms with Crippen molar-refractivity contribution in [3.8, 4) is 0 Å². The van der Waals surface area contributed by atoms with Crippen molar-refractivity contribution in [1.29, 1.82) is 0 Å². The van der Waals surface area contributed by atoms with Crippen LogP contribution in [-0.4, -0.2) is 33.8 Å². The summed E-state index contributed by atoms with van der Waals surface area (Å²) in [5.41, 5.74) is 4.04. The summed E-state index contributed by atoms with van der Waals surface area (Å²) >= 11 is 3.91. The number of halogens is 1. The van der Waals surface area contributed by atoms with Crippen molar-refractivity contribution in [1.82, 2.24) is 4.90 Å². The molecule has 6 heteroatoms. The van der Waals surface area contributed by atoms with Crippen LogP contribution in [0.5, 0.6) is 0 Å². The molecule has 148 valence electrons. The molecule has 2 amide bonds. The first kappa shape index (κ1) is 18.6. The molecule has 2 aromatic carbocycles. The fourth-order valence-electron chi connectivity index (χ4n) is 5.67. The molecule has 0 aromatic heterocycles. The summed E-state index contributed by atoms with van der Waals surface area (Å²) in [7, 11) is 0. The molecule has 0 spiro atoms. The van der Waals surface area contributed by atoms with Gasteiger partial charge >= 0.3 is 5.97 Å². The van der Waals surface area contributed by atoms with Crippen molar-refractivity contribution in [2.45, 2.75) is 30.1 Å². The van der Waals surface area contributed by atoms with E-state index in [1.807, 2.05) is 48.5 Å². The molecule has 3 aliphatic carbocycles. The number of carboxylic acid groups (broad SMARTS) is 1. The van der Waals surface area contributed by atoms with Crippen molar-refractivity contribution in [2.75, 3.05) is 0 Å². The predicted molar refractivity (Wildman–Crippen MR) is 110 cm³/mol. The van der Waals surface area contributed by atoms with Crippen LogP contribution in [0.4, 0.5) is 0 Å². The molecule has 0 saturated carbocycles. The lowest BCUT2D eigenvalue weighted by Gasteiger charge is -2.51. The standard InChI is InChI=1S/C23H20BrNO4/c1-11(2)19(22(28)29)25-20(26)17-16-12-7-3-5-9-14(12)23(24,18(17)21(25)27)15-10-6-4-8-13(15)16/h3-11,16-19H,1-2H3,(H,28,29)/t16?,17-,18-,19-,23?/m1/s1. The van der Waals surface area contributed by atoms with E-state index in [-0.39, 0.29) is 17.7 Å². The van der Waals surface area contributed by atoms with Gasteiger partial charge in [0, 0.05) is 5.92 Å². The molecule has 0 unspecified atom stereocenters. The van der Waals surface area contributed by atoms with Gasteiger partial charge in [0.1, 0.15) is 6.04 Å². The van der Waals surface area contributed by atoms with E-state index < -0.39 is 34.1 Å². The second kappa shape index (κ2) is 6.02. The topological polar surface area (TPSA) is 74.7 Å². The van der Waals surface area contributed by atoms with Crippen LogP contribution in [0.1, 0.15) is 42.0 Å². The predicted octanol–water partition coefficient (Wildman–Crippen LogP) is 3.49. The molecular formula is C23H20BrNO4. The minimum absolute atomic E-state index is 0.255. The first-order valence-electron chi connectivity index (χ1n) is 9.77. The molecule has 0 radical (unpaired) electrons. The average Bonchev–Trinajstić information content (AvgIpc) is 2.95. The van der Waals surface area contributed by atoms with Crippen molar-refractivity contribution in [2.24, 2.45) is 17.8 Å². The number of amides is 2. The Kier molecular flexibility index (Phi) is 3.85. The van der Waals surface area contributed by atoms with Crippen LogP contribution in [-0.2, 0) is 18.7 Å². The maximum absolute atomic E-state index is 13.6. The van der Waals surface area contributed by atoms with Gasteiger partial charge in [0.05, 0.1) is 16.2 Å². The van der Waals surface area contributed by atoms with Crippen molar-refractivity contribution < 1.29 is 19.5 Å². The molecule has 1 N–H and O–H groups in total. The van der Waals surface area contributed by atoms with Gasteiger partial charge in [-0.3, -0.25) is 14.5 Å². The van der Waals surface area contributed by atoms with E-state index in [4.69, 9.17) is 0 Å². The fraction of sp³-hybridized carbons (Fsp3) is 0.348. The number of hydrogen-bond acceptors (Lipinski definition) is 3. The van der Waals surface area contributed by atoms with Crippen LogP contribution in [0.15, 0.2) is 48.5 Å². The highest BCUT2D eigenvalue weighted by Crippen LogP contribution is 2.66. The van der Waals surface area contributed by atoms with Gasteiger partial charge in [-0.2, -0.15) is 0 Å². The highest BCUT2D eigenvalue weighted by molar-refractivity contribution is 9.09. The highest BCUT2D eigenvalue weighted by atomic mass is 79.9. The first-order chi connectivity index (χ1) is 13.8. The van der Waals surface area contributed by atoms with Crippen LogP contribution < -0.4 is 0 Å². The summed E-state index contributed by atoms with van der Waals surface area (Å²) in [6, 6.07) is 14.6. The summed E-state index contributed by atoms with van der Waals surface area (Å²) < 4.78 is -0.846. The number of likely N-dealkylation sites (tertiary alicyclic amines) is 1. The number of benzene rings is 2. The van der Waals surface area contributed by atoms with E-state index in [9.17, 15) is 19.5 Å². The number of imide groups is 1. The Morgan fingerprint density at radius 2 is 1.52 bits per heavy atom. The van der Waals surface area contributed by atoms with Gasteiger partial charge in [-0.05, 0) is 28.2 Å². The number of alkyl halides is 1. The zero-order valence-corrected chi connectivity index (χ0v) is 17.6. The van der Waals surface area contributed by atoms with E-state index >= 15 is 0 Å². The molecule has 29 heavy (non-hydrogen) atoms. The van der Waals surface area contributed by atoms with E-state index in [1.165, 1.54) is 0 Å². The molecule has 1 saturated heterocycles. The zero-order chi connectivity index (χ0) is 20.7. The highest BCUT2D eigenvalue weighted by Gasteiger charge is 2.68. The van der Waals surface area contributed by atoms with Crippen molar-refractivity contribution in [3.05, 3.63) is 70.8 Å². The van der Waals surface area contributed by atoms with Gasteiger partial charge in [-0.25, -0.2) is 4.79 Å². The van der Waals surface area contributed by atoms with Crippen LogP contribution in [0.2, 0.25) is 0 Å². The van der Waals surface area contributed by atoms with Gasteiger partial charge in [0.15, 0.2) is 0 Å². The SMILES string of the molecule is CC(C)[C@H](C(=O)O)N1C(=O)[C@@H]2C3c4ccccc4C(Br)(c4ccccc43)[C@H]2C1=O. The Labute approximate surface area is 176 Å². The molecule has 6 rings (SSSR count). The van der Waals surface area contributed by atoms with Gasteiger partial charge in [-0.15, -0.1) is 0 Å². The number of hydrogen-bond donors (Lipinski definition) is 1. The molecule has 5 nitrogen and oxygen atoms in total. The third-order valence-electron chi connectivity index (χ3n) is 6.71. The Morgan fingerprint density at radius 3 is 2.00 bits per heavy atom. The lowest BCUT2D eigenvalue weighted by Crippen LogP contribution is -2.50. The maximum atomic E-state index is 13.6. The molecule has 2 bridgehead atoms. The third-order valence-corrected chi connectivity index (χ3v) is 8.06. The van der Waals surface area contributed by atoms with Crippen LogP contribution in [0.25, 0.3) is 0 Å². The number of carbonyl (C=O) groups excluding carboxylic acids is 2. The normalized spacial score (nSPS) is 30.2. The number of rotatable bonds is 3. The van der Waals surface area contributed by atoms with E-state index in [2.05, 4.69) is 15.9 Å². The van der Waals surface area contributed by atoms with E-state index in [0.29, 0.717) is 0 Å². The number of nitrogens with zero attached hydrogens (tertiary/aromatic N) is 1. The van der Waals surface area contributed by atoms with Crippen LogP contribution in [0, 0.1) is 17.8 Å².